The summed E-state index contributed by atoms with van der Waals surface area (Å²) in [6, 6.07) is 11.2. The molecule has 1 nitrogen and oxygen atoms in total. The van der Waals surface area contributed by atoms with Gasteiger partial charge in [-0.1, -0.05) is 44.2 Å². The maximum atomic E-state index is 5.94. The predicted octanol–water partition coefficient (Wildman–Crippen LogP) is 2.77. The van der Waals surface area contributed by atoms with Gasteiger partial charge in [0.25, 0.3) is 0 Å². The summed E-state index contributed by atoms with van der Waals surface area (Å²) in [6.07, 6.45) is 1.21. The first-order chi connectivity index (χ1) is 6.70. The quantitative estimate of drug-likeness (QED) is 0.777. The zero-order valence-corrected chi connectivity index (χ0v) is 8.98. The van der Waals surface area contributed by atoms with Crippen LogP contribution >= 0.6 is 0 Å². The molecular weight excluding hydrogens is 170 g/mol. The lowest BCUT2D eigenvalue weighted by Gasteiger charge is -2.21. The topological polar surface area (TPSA) is 26.0 Å². The highest BCUT2D eigenvalue weighted by Gasteiger charge is 2.41. The Balaban J connectivity index is 2.19. The van der Waals surface area contributed by atoms with Gasteiger partial charge in [0.05, 0.1) is 0 Å². The first-order valence-electron chi connectivity index (χ1n) is 5.50. The van der Waals surface area contributed by atoms with Crippen molar-refractivity contribution in [2.45, 2.75) is 32.2 Å². The van der Waals surface area contributed by atoms with E-state index in [1.165, 1.54) is 12.0 Å². The van der Waals surface area contributed by atoms with Gasteiger partial charge in [0.1, 0.15) is 0 Å². The molecule has 2 rings (SSSR count). The van der Waals surface area contributed by atoms with Crippen molar-refractivity contribution in [1.29, 1.82) is 0 Å². The molecule has 0 spiro atoms. The van der Waals surface area contributed by atoms with Crippen molar-refractivity contribution >= 4 is 0 Å². The molecule has 0 heterocycles. The summed E-state index contributed by atoms with van der Waals surface area (Å²) in [6.45, 7) is 4.59. The summed E-state index contributed by atoms with van der Waals surface area (Å²) < 4.78 is 0. The first-order valence-corrected chi connectivity index (χ1v) is 5.50. The molecule has 1 aromatic rings. The number of rotatable bonds is 3. The molecule has 3 atom stereocenters. The maximum absolute atomic E-state index is 5.94. The van der Waals surface area contributed by atoms with Crippen molar-refractivity contribution in [3.63, 3.8) is 0 Å². The highest BCUT2D eigenvalue weighted by atomic mass is 14.8. The second-order valence-electron chi connectivity index (χ2n) is 4.74. The summed E-state index contributed by atoms with van der Waals surface area (Å²) in [5.41, 5.74) is 7.40. The SMILES string of the molecule is CC(C)C(c1ccccc1)C1CC1N. The van der Waals surface area contributed by atoms with Crippen molar-refractivity contribution < 1.29 is 0 Å². The summed E-state index contributed by atoms with van der Waals surface area (Å²) in [7, 11) is 0. The van der Waals surface area contributed by atoms with Crippen LogP contribution in [0.25, 0.3) is 0 Å². The van der Waals surface area contributed by atoms with E-state index in [9.17, 15) is 0 Å². The van der Waals surface area contributed by atoms with Gasteiger partial charge < -0.3 is 5.73 Å². The lowest BCUT2D eigenvalue weighted by atomic mass is 9.84. The lowest BCUT2D eigenvalue weighted by Crippen LogP contribution is -2.14. The second kappa shape index (κ2) is 3.74. The third-order valence-electron chi connectivity index (χ3n) is 3.26. The minimum absolute atomic E-state index is 0.447. The van der Waals surface area contributed by atoms with E-state index in [-0.39, 0.29) is 0 Å². The Morgan fingerprint density at radius 3 is 2.21 bits per heavy atom. The molecule has 1 fully saturated rings. The van der Waals surface area contributed by atoms with Gasteiger partial charge in [0.15, 0.2) is 0 Å². The summed E-state index contributed by atoms with van der Waals surface area (Å²) in [5, 5.41) is 0. The van der Waals surface area contributed by atoms with Gasteiger partial charge in [-0.05, 0) is 29.7 Å². The summed E-state index contributed by atoms with van der Waals surface area (Å²) in [5.74, 6) is 2.07. The fourth-order valence-corrected chi connectivity index (χ4v) is 2.45. The van der Waals surface area contributed by atoms with E-state index >= 15 is 0 Å². The Kier molecular flexibility index (Phi) is 2.60. The van der Waals surface area contributed by atoms with E-state index in [0.29, 0.717) is 17.9 Å². The smallest absolute Gasteiger partial charge is 0.00771 e. The number of nitrogens with two attached hydrogens (primary N) is 1. The van der Waals surface area contributed by atoms with Gasteiger partial charge >= 0.3 is 0 Å². The van der Waals surface area contributed by atoms with E-state index < -0.39 is 0 Å². The summed E-state index contributed by atoms with van der Waals surface area (Å²) >= 11 is 0. The van der Waals surface area contributed by atoms with Crippen LogP contribution in [0.2, 0.25) is 0 Å². The minimum Gasteiger partial charge on any atom is -0.327 e. The average molecular weight is 189 g/mol. The molecule has 3 unspecified atom stereocenters. The van der Waals surface area contributed by atoms with Crippen LogP contribution in [0.4, 0.5) is 0 Å². The molecule has 0 amide bonds. The van der Waals surface area contributed by atoms with Crippen LogP contribution in [0.5, 0.6) is 0 Å². The minimum atomic E-state index is 0.447. The molecule has 14 heavy (non-hydrogen) atoms. The van der Waals surface area contributed by atoms with E-state index in [0.717, 1.165) is 5.92 Å². The fraction of sp³-hybridized carbons (Fsp3) is 0.538. The van der Waals surface area contributed by atoms with Gasteiger partial charge in [0.2, 0.25) is 0 Å². The van der Waals surface area contributed by atoms with Gasteiger partial charge in [0, 0.05) is 6.04 Å². The van der Waals surface area contributed by atoms with Crippen LogP contribution in [0.3, 0.4) is 0 Å². The number of hydrogen-bond donors (Lipinski definition) is 1. The van der Waals surface area contributed by atoms with Gasteiger partial charge in [-0.2, -0.15) is 0 Å². The molecule has 1 saturated carbocycles. The maximum Gasteiger partial charge on any atom is 0.00771 e. The predicted molar refractivity (Wildman–Crippen MR) is 60.1 cm³/mol. The molecular formula is C13H19N. The van der Waals surface area contributed by atoms with E-state index in [2.05, 4.69) is 44.2 Å². The van der Waals surface area contributed by atoms with Crippen molar-refractivity contribution in [1.82, 2.24) is 0 Å². The zero-order chi connectivity index (χ0) is 10.1. The first kappa shape index (κ1) is 9.72. The normalized spacial score (nSPS) is 27.7. The summed E-state index contributed by atoms with van der Waals surface area (Å²) in [4.78, 5) is 0. The van der Waals surface area contributed by atoms with Crippen molar-refractivity contribution in [2.24, 2.45) is 17.6 Å². The highest BCUT2D eigenvalue weighted by Crippen LogP contribution is 2.45. The van der Waals surface area contributed by atoms with Crippen LogP contribution in [0.15, 0.2) is 30.3 Å². The fourth-order valence-electron chi connectivity index (χ4n) is 2.45. The number of hydrogen-bond acceptors (Lipinski definition) is 1. The Morgan fingerprint density at radius 2 is 1.79 bits per heavy atom. The van der Waals surface area contributed by atoms with Gasteiger partial charge in [-0.25, -0.2) is 0 Å². The van der Waals surface area contributed by atoms with Crippen LogP contribution in [-0.2, 0) is 0 Å². The molecule has 0 aromatic heterocycles. The Hall–Kier alpha value is -0.820. The molecule has 2 N–H and O–H groups in total. The monoisotopic (exact) mass is 189 g/mol. The van der Waals surface area contributed by atoms with Crippen LogP contribution < -0.4 is 5.73 Å². The second-order valence-corrected chi connectivity index (χ2v) is 4.74. The molecule has 1 aliphatic carbocycles. The largest absolute Gasteiger partial charge is 0.327 e. The van der Waals surface area contributed by atoms with Crippen LogP contribution in [0, 0.1) is 11.8 Å². The third-order valence-corrected chi connectivity index (χ3v) is 3.26. The Morgan fingerprint density at radius 1 is 1.21 bits per heavy atom. The van der Waals surface area contributed by atoms with Gasteiger partial charge in [-0.15, -0.1) is 0 Å². The Labute approximate surface area is 86.3 Å². The molecule has 0 radical (unpaired) electrons. The van der Waals surface area contributed by atoms with E-state index in [1.807, 2.05) is 0 Å². The molecule has 0 saturated heterocycles. The van der Waals surface area contributed by atoms with E-state index in [4.69, 9.17) is 5.73 Å². The van der Waals surface area contributed by atoms with Crippen LogP contribution in [0.1, 0.15) is 31.7 Å². The Bertz CT molecular complexity index is 291. The van der Waals surface area contributed by atoms with E-state index in [1.54, 1.807) is 0 Å². The molecule has 0 aliphatic heterocycles. The average Bonchev–Trinajstić information content (AvgIpc) is 2.84. The molecule has 76 valence electrons. The third kappa shape index (κ3) is 1.83. The van der Waals surface area contributed by atoms with Gasteiger partial charge in [-0.3, -0.25) is 0 Å². The highest BCUT2D eigenvalue weighted by molar-refractivity contribution is 5.23. The molecule has 1 heteroatoms. The number of benzene rings is 1. The molecule has 1 aromatic carbocycles. The molecule has 1 aliphatic rings. The van der Waals surface area contributed by atoms with Crippen molar-refractivity contribution in [2.75, 3.05) is 0 Å². The van der Waals surface area contributed by atoms with Crippen molar-refractivity contribution in [3.05, 3.63) is 35.9 Å². The lowest BCUT2D eigenvalue weighted by molar-refractivity contribution is 0.442. The van der Waals surface area contributed by atoms with Crippen molar-refractivity contribution in [3.8, 4) is 0 Å². The van der Waals surface area contributed by atoms with Crippen LogP contribution in [-0.4, -0.2) is 6.04 Å². The zero-order valence-electron chi connectivity index (χ0n) is 8.98. The molecule has 0 bridgehead atoms. The standard InChI is InChI=1S/C13H19N/c1-9(2)13(11-8-12(11)14)10-6-4-3-5-7-10/h3-7,9,11-13H,8,14H2,1-2H3.